The Labute approximate surface area is 185 Å². The van der Waals surface area contributed by atoms with Crippen molar-refractivity contribution in [2.75, 3.05) is 45.3 Å². The van der Waals surface area contributed by atoms with Crippen LogP contribution in [-0.2, 0) is 19.6 Å². The summed E-state index contributed by atoms with van der Waals surface area (Å²) in [6.07, 6.45) is 0. The standard InChI is InChI=1S/C20H22ClN3O6S/c1-29-18-6-5-16(31(27,28)24-7-9-30-10-8-24)12-17(18)23-19(25)13-22-20(26)14-3-2-4-15(21)11-14/h2-6,11-12H,7-10,13H2,1H3,(H,22,26)(H,23,25). The smallest absolute Gasteiger partial charge is 0.251 e. The predicted octanol–water partition coefficient (Wildman–Crippen LogP) is 1.74. The molecule has 0 aliphatic carbocycles. The number of nitrogens with zero attached hydrogens (tertiary/aromatic N) is 1. The minimum atomic E-state index is -3.75. The van der Waals surface area contributed by atoms with Gasteiger partial charge < -0.3 is 20.1 Å². The average molecular weight is 468 g/mol. The number of sulfonamides is 1. The highest BCUT2D eigenvalue weighted by Crippen LogP contribution is 2.29. The average Bonchev–Trinajstić information content (AvgIpc) is 2.78. The van der Waals surface area contributed by atoms with Crippen molar-refractivity contribution in [1.29, 1.82) is 0 Å². The Balaban J connectivity index is 1.70. The van der Waals surface area contributed by atoms with Crippen LogP contribution in [0.25, 0.3) is 0 Å². The van der Waals surface area contributed by atoms with Crippen LogP contribution < -0.4 is 15.4 Å². The fraction of sp³-hybridized carbons (Fsp3) is 0.300. The Bertz CT molecular complexity index is 1070. The van der Waals surface area contributed by atoms with E-state index in [2.05, 4.69) is 10.6 Å². The number of rotatable bonds is 7. The molecule has 9 nitrogen and oxygen atoms in total. The number of ether oxygens (including phenoxy) is 2. The number of anilines is 1. The van der Waals surface area contributed by atoms with Gasteiger partial charge in [-0.05, 0) is 36.4 Å². The molecule has 0 spiro atoms. The Morgan fingerprint density at radius 3 is 2.58 bits per heavy atom. The molecule has 0 atom stereocenters. The molecule has 166 valence electrons. The molecule has 0 aromatic heterocycles. The molecule has 1 aliphatic rings. The maximum atomic E-state index is 12.9. The second-order valence-electron chi connectivity index (χ2n) is 6.62. The number of hydrogen-bond donors (Lipinski definition) is 2. The molecule has 3 rings (SSSR count). The number of nitrogens with one attached hydrogen (secondary N) is 2. The van der Waals surface area contributed by atoms with Gasteiger partial charge in [0.15, 0.2) is 0 Å². The van der Waals surface area contributed by atoms with Crippen molar-refractivity contribution in [2.45, 2.75) is 4.90 Å². The van der Waals surface area contributed by atoms with Gasteiger partial charge in [0.05, 0.1) is 37.5 Å². The molecule has 1 aliphatic heterocycles. The summed E-state index contributed by atoms with van der Waals surface area (Å²) in [6.45, 7) is 0.836. The van der Waals surface area contributed by atoms with Crippen LogP contribution in [0, 0.1) is 0 Å². The van der Waals surface area contributed by atoms with Crippen LogP contribution >= 0.6 is 11.6 Å². The van der Waals surface area contributed by atoms with E-state index in [9.17, 15) is 18.0 Å². The van der Waals surface area contributed by atoms with Crippen LogP contribution in [0.3, 0.4) is 0 Å². The first kappa shape index (κ1) is 23.0. The van der Waals surface area contributed by atoms with Crippen molar-refractivity contribution in [2.24, 2.45) is 0 Å². The number of carbonyl (C=O) groups is 2. The van der Waals surface area contributed by atoms with Gasteiger partial charge in [0, 0.05) is 23.7 Å². The number of carbonyl (C=O) groups excluding carboxylic acids is 2. The third-order valence-corrected chi connectivity index (χ3v) is 6.68. The van der Waals surface area contributed by atoms with E-state index in [1.54, 1.807) is 18.2 Å². The Morgan fingerprint density at radius 2 is 1.90 bits per heavy atom. The van der Waals surface area contributed by atoms with E-state index in [4.69, 9.17) is 21.1 Å². The summed E-state index contributed by atoms with van der Waals surface area (Å²) in [6, 6.07) is 10.5. The maximum absolute atomic E-state index is 12.9. The van der Waals surface area contributed by atoms with E-state index in [0.717, 1.165) is 0 Å². The Hall–Kier alpha value is -2.66. The lowest BCUT2D eigenvalue weighted by atomic mass is 10.2. The van der Waals surface area contributed by atoms with Crippen LogP contribution in [-0.4, -0.2) is 64.5 Å². The molecule has 2 aromatic rings. The van der Waals surface area contributed by atoms with Crippen LogP contribution in [0.2, 0.25) is 5.02 Å². The quantitative estimate of drug-likeness (QED) is 0.641. The van der Waals surface area contributed by atoms with Gasteiger partial charge in [-0.2, -0.15) is 4.31 Å². The lowest BCUT2D eigenvalue weighted by molar-refractivity contribution is -0.115. The molecule has 2 aromatic carbocycles. The van der Waals surface area contributed by atoms with E-state index in [1.807, 2.05) is 0 Å². The van der Waals surface area contributed by atoms with Gasteiger partial charge in [0.1, 0.15) is 5.75 Å². The van der Waals surface area contributed by atoms with E-state index in [-0.39, 0.29) is 36.0 Å². The van der Waals surface area contributed by atoms with Gasteiger partial charge in [-0.3, -0.25) is 9.59 Å². The molecule has 11 heteroatoms. The fourth-order valence-electron chi connectivity index (χ4n) is 2.97. The third-order valence-electron chi connectivity index (χ3n) is 4.55. The summed E-state index contributed by atoms with van der Waals surface area (Å²) in [5.41, 5.74) is 0.496. The zero-order valence-electron chi connectivity index (χ0n) is 16.8. The molecule has 1 heterocycles. The fourth-order valence-corrected chi connectivity index (χ4v) is 4.59. The van der Waals surface area contributed by atoms with Crippen molar-refractivity contribution in [1.82, 2.24) is 9.62 Å². The maximum Gasteiger partial charge on any atom is 0.251 e. The zero-order chi connectivity index (χ0) is 22.4. The first-order valence-electron chi connectivity index (χ1n) is 9.41. The highest BCUT2D eigenvalue weighted by Gasteiger charge is 2.27. The van der Waals surface area contributed by atoms with Gasteiger partial charge in [-0.1, -0.05) is 17.7 Å². The van der Waals surface area contributed by atoms with E-state index < -0.39 is 21.8 Å². The summed E-state index contributed by atoms with van der Waals surface area (Å²) in [4.78, 5) is 24.6. The molecule has 0 radical (unpaired) electrons. The van der Waals surface area contributed by atoms with Crippen molar-refractivity contribution in [3.63, 3.8) is 0 Å². The molecular formula is C20H22ClN3O6S. The monoisotopic (exact) mass is 467 g/mol. The molecule has 0 unspecified atom stereocenters. The van der Waals surface area contributed by atoms with Gasteiger partial charge in [-0.25, -0.2) is 8.42 Å². The Morgan fingerprint density at radius 1 is 1.16 bits per heavy atom. The molecular weight excluding hydrogens is 446 g/mol. The van der Waals surface area contributed by atoms with Gasteiger partial charge >= 0.3 is 0 Å². The normalized spacial score (nSPS) is 14.6. The highest BCUT2D eigenvalue weighted by molar-refractivity contribution is 7.89. The molecule has 2 amide bonds. The minimum absolute atomic E-state index is 0.0217. The highest BCUT2D eigenvalue weighted by atomic mass is 35.5. The summed E-state index contributed by atoms with van der Waals surface area (Å²) >= 11 is 5.87. The van der Waals surface area contributed by atoms with Crippen molar-refractivity contribution in [3.8, 4) is 5.75 Å². The van der Waals surface area contributed by atoms with Crippen LogP contribution in [0.15, 0.2) is 47.4 Å². The van der Waals surface area contributed by atoms with Crippen LogP contribution in [0.1, 0.15) is 10.4 Å². The summed E-state index contributed by atoms with van der Waals surface area (Å²) in [7, 11) is -2.34. The molecule has 31 heavy (non-hydrogen) atoms. The lowest BCUT2D eigenvalue weighted by Gasteiger charge is -2.26. The van der Waals surface area contributed by atoms with Crippen LogP contribution in [0.5, 0.6) is 5.75 Å². The van der Waals surface area contributed by atoms with Gasteiger partial charge in [-0.15, -0.1) is 0 Å². The SMILES string of the molecule is COc1ccc(S(=O)(=O)N2CCOCC2)cc1NC(=O)CNC(=O)c1cccc(Cl)c1. The van der Waals surface area contributed by atoms with Crippen molar-refractivity contribution in [3.05, 3.63) is 53.1 Å². The number of methoxy groups -OCH3 is 1. The van der Waals surface area contributed by atoms with Crippen LogP contribution in [0.4, 0.5) is 5.69 Å². The number of benzene rings is 2. The molecule has 1 saturated heterocycles. The van der Waals surface area contributed by atoms with E-state index >= 15 is 0 Å². The summed E-state index contributed by atoms with van der Waals surface area (Å²) in [5.74, 6) is -0.724. The summed E-state index contributed by atoms with van der Waals surface area (Å²) in [5, 5.41) is 5.48. The van der Waals surface area contributed by atoms with Crippen molar-refractivity contribution >= 4 is 39.1 Å². The second-order valence-corrected chi connectivity index (χ2v) is 8.99. The number of halogens is 1. The van der Waals surface area contributed by atoms with E-state index in [1.165, 1.54) is 35.7 Å². The number of morpholine rings is 1. The zero-order valence-corrected chi connectivity index (χ0v) is 18.3. The number of hydrogen-bond acceptors (Lipinski definition) is 6. The third kappa shape index (κ3) is 5.73. The van der Waals surface area contributed by atoms with E-state index in [0.29, 0.717) is 23.8 Å². The topological polar surface area (TPSA) is 114 Å². The number of amides is 2. The molecule has 1 fully saturated rings. The van der Waals surface area contributed by atoms with Crippen molar-refractivity contribution < 1.29 is 27.5 Å². The summed E-state index contributed by atoms with van der Waals surface area (Å²) < 4.78 is 37.5. The molecule has 0 saturated carbocycles. The first-order chi connectivity index (χ1) is 14.8. The first-order valence-corrected chi connectivity index (χ1v) is 11.2. The largest absolute Gasteiger partial charge is 0.495 e. The molecule has 2 N–H and O–H groups in total. The molecule has 0 bridgehead atoms. The van der Waals surface area contributed by atoms with Gasteiger partial charge in [0.2, 0.25) is 15.9 Å². The predicted molar refractivity (Wildman–Crippen MR) is 115 cm³/mol. The Kier molecular flexibility index (Phi) is 7.50. The second kappa shape index (κ2) is 10.1. The lowest BCUT2D eigenvalue weighted by Crippen LogP contribution is -2.40. The minimum Gasteiger partial charge on any atom is -0.495 e. The van der Waals surface area contributed by atoms with Gasteiger partial charge in [0.25, 0.3) is 5.91 Å².